The van der Waals surface area contributed by atoms with Gasteiger partial charge in [0.2, 0.25) is 0 Å². The van der Waals surface area contributed by atoms with Crippen LogP contribution in [0, 0.1) is 0 Å². The van der Waals surface area contributed by atoms with Crippen LogP contribution < -0.4 is 0 Å². The molecule has 0 amide bonds. The minimum Gasteiger partial charge on any atom is -0.478 e. The Kier molecular flexibility index (Phi) is 2.52. The maximum atomic E-state index is 10.8. The Morgan fingerprint density at radius 2 is 1.95 bits per heavy atom. The van der Waals surface area contributed by atoms with Crippen LogP contribution in [0.25, 0.3) is 22.6 Å². The van der Waals surface area contributed by atoms with E-state index >= 15 is 0 Å². The average molecular weight is 253 g/mol. The lowest BCUT2D eigenvalue weighted by Crippen LogP contribution is -1.97. The molecule has 0 radical (unpaired) electrons. The molecule has 2 heterocycles. The van der Waals surface area contributed by atoms with Gasteiger partial charge in [-0.05, 0) is 24.3 Å². The van der Waals surface area contributed by atoms with Crippen molar-refractivity contribution in [3.05, 3.63) is 48.2 Å². The highest BCUT2D eigenvalue weighted by Gasteiger charge is 2.11. The first kappa shape index (κ1) is 11.4. The van der Waals surface area contributed by atoms with Gasteiger partial charge in [0, 0.05) is 18.8 Å². The number of carboxylic acid groups (broad SMARTS) is 1. The van der Waals surface area contributed by atoms with E-state index in [2.05, 4.69) is 9.97 Å². The third kappa shape index (κ3) is 1.85. The van der Waals surface area contributed by atoms with Gasteiger partial charge in [0.05, 0.1) is 5.56 Å². The van der Waals surface area contributed by atoms with Crippen LogP contribution in [0.2, 0.25) is 0 Å². The largest absolute Gasteiger partial charge is 0.478 e. The summed E-state index contributed by atoms with van der Waals surface area (Å²) in [5, 5.41) is 8.88. The Morgan fingerprint density at radius 3 is 2.58 bits per heavy atom. The summed E-state index contributed by atoms with van der Waals surface area (Å²) in [5.74, 6) is -0.163. The SMILES string of the molecule is Cn1c(-c2ccc(C(=O)O)cc2)nc2cccnc21. The fourth-order valence-corrected chi connectivity index (χ4v) is 2.04. The summed E-state index contributed by atoms with van der Waals surface area (Å²) in [5.41, 5.74) is 2.76. The third-order valence-corrected chi connectivity index (χ3v) is 3.02. The van der Waals surface area contributed by atoms with E-state index in [1.54, 1.807) is 30.5 Å². The summed E-state index contributed by atoms with van der Waals surface area (Å²) in [6.45, 7) is 0. The third-order valence-electron chi connectivity index (χ3n) is 3.02. The van der Waals surface area contributed by atoms with Crippen molar-refractivity contribution < 1.29 is 9.90 Å². The number of benzene rings is 1. The first-order chi connectivity index (χ1) is 9.16. The highest BCUT2D eigenvalue weighted by Crippen LogP contribution is 2.22. The van der Waals surface area contributed by atoms with E-state index in [4.69, 9.17) is 5.11 Å². The Hall–Kier alpha value is -2.69. The number of hydrogen-bond donors (Lipinski definition) is 1. The van der Waals surface area contributed by atoms with Crippen LogP contribution in [0.15, 0.2) is 42.6 Å². The number of aryl methyl sites for hydroxylation is 1. The molecule has 3 aromatic rings. The van der Waals surface area contributed by atoms with Gasteiger partial charge in [-0.15, -0.1) is 0 Å². The molecule has 0 bridgehead atoms. The number of fused-ring (bicyclic) bond motifs is 1. The van der Waals surface area contributed by atoms with Gasteiger partial charge >= 0.3 is 5.97 Å². The van der Waals surface area contributed by atoms with Gasteiger partial charge in [-0.25, -0.2) is 14.8 Å². The summed E-state index contributed by atoms with van der Waals surface area (Å²) in [7, 11) is 1.89. The van der Waals surface area contributed by atoms with Crippen LogP contribution >= 0.6 is 0 Å². The van der Waals surface area contributed by atoms with E-state index in [0.29, 0.717) is 0 Å². The molecule has 1 aromatic carbocycles. The van der Waals surface area contributed by atoms with E-state index in [-0.39, 0.29) is 5.56 Å². The van der Waals surface area contributed by atoms with E-state index < -0.39 is 5.97 Å². The Morgan fingerprint density at radius 1 is 1.21 bits per heavy atom. The lowest BCUT2D eigenvalue weighted by molar-refractivity contribution is 0.0697. The van der Waals surface area contributed by atoms with Crippen LogP contribution in [0.4, 0.5) is 0 Å². The van der Waals surface area contributed by atoms with Crippen LogP contribution in [0.5, 0.6) is 0 Å². The van der Waals surface area contributed by atoms with Crippen molar-refractivity contribution in [2.45, 2.75) is 0 Å². The number of hydrogen-bond acceptors (Lipinski definition) is 3. The molecule has 0 unspecified atom stereocenters. The molecule has 3 rings (SSSR count). The number of imidazole rings is 1. The molecule has 0 fully saturated rings. The summed E-state index contributed by atoms with van der Waals surface area (Å²) in [6.07, 6.45) is 1.72. The number of rotatable bonds is 2. The molecule has 19 heavy (non-hydrogen) atoms. The molecule has 0 saturated carbocycles. The van der Waals surface area contributed by atoms with Gasteiger partial charge in [0.1, 0.15) is 11.3 Å². The van der Waals surface area contributed by atoms with Crippen molar-refractivity contribution in [1.82, 2.24) is 14.5 Å². The fraction of sp³-hybridized carbons (Fsp3) is 0.0714. The standard InChI is InChI=1S/C14H11N3O2/c1-17-12(16-11-3-2-8-15-13(11)17)9-4-6-10(7-5-9)14(18)19/h2-8H,1H3,(H,18,19). The van der Waals surface area contributed by atoms with Crippen LogP contribution in [-0.4, -0.2) is 25.6 Å². The fourth-order valence-electron chi connectivity index (χ4n) is 2.04. The van der Waals surface area contributed by atoms with Crippen molar-refractivity contribution in [3.63, 3.8) is 0 Å². The van der Waals surface area contributed by atoms with E-state index in [1.165, 1.54) is 0 Å². The minimum atomic E-state index is -0.932. The lowest BCUT2D eigenvalue weighted by Gasteiger charge is -2.02. The molecule has 2 aromatic heterocycles. The predicted molar refractivity (Wildman–Crippen MR) is 70.9 cm³/mol. The Bertz CT molecular complexity index is 760. The second kappa shape index (κ2) is 4.20. The lowest BCUT2D eigenvalue weighted by atomic mass is 10.1. The molecule has 94 valence electrons. The number of carboxylic acids is 1. The number of pyridine rings is 1. The summed E-state index contributed by atoms with van der Waals surface area (Å²) >= 11 is 0. The smallest absolute Gasteiger partial charge is 0.335 e. The second-order valence-electron chi connectivity index (χ2n) is 4.22. The summed E-state index contributed by atoms with van der Waals surface area (Å²) in [4.78, 5) is 19.6. The highest BCUT2D eigenvalue weighted by molar-refractivity contribution is 5.88. The van der Waals surface area contributed by atoms with Crippen LogP contribution in [0.1, 0.15) is 10.4 Å². The molecule has 0 spiro atoms. The molecule has 1 N–H and O–H groups in total. The van der Waals surface area contributed by atoms with Crippen molar-refractivity contribution in [1.29, 1.82) is 0 Å². The molecule has 0 aliphatic heterocycles. The molecule has 0 aliphatic rings. The van der Waals surface area contributed by atoms with E-state index in [1.807, 2.05) is 23.7 Å². The quantitative estimate of drug-likeness (QED) is 0.761. The predicted octanol–water partition coefficient (Wildman–Crippen LogP) is 2.33. The summed E-state index contributed by atoms with van der Waals surface area (Å²) in [6, 6.07) is 10.4. The Labute approximate surface area is 109 Å². The molecular weight excluding hydrogens is 242 g/mol. The zero-order valence-corrected chi connectivity index (χ0v) is 10.2. The second-order valence-corrected chi connectivity index (χ2v) is 4.22. The monoisotopic (exact) mass is 253 g/mol. The van der Waals surface area contributed by atoms with Crippen LogP contribution in [0.3, 0.4) is 0 Å². The molecule has 5 nitrogen and oxygen atoms in total. The molecule has 5 heteroatoms. The molecule has 0 aliphatic carbocycles. The molecule has 0 atom stereocenters. The first-order valence-corrected chi connectivity index (χ1v) is 5.78. The number of aromatic carboxylic acids is 1. The molecular formula is C14H11N3O2. The van der Waals surface area contributed by atoms with Crippen molar-refractivity contribution in [3.8, 4) is 11.4 Å². The van der Waals surface area contributed by atoms with E-state index in [0.717, 1.165) is 22.6 Å². The topological polar surface area (TPSA) is 68.0 Å². The summed E-state index contributed by atoms with van der Waals surface area (Å²) < 4.78 is 1.89. The number of carbonyl (C=O) groups is 1. The zero-order chi connectivity index (χ0) is 13.4. The maximum absolute atomic E-state index is 10.8. The zero-order valence-electron chi connectivity index (χ0n) is 10.2. The van der Waals surface area contributed by atoms with Crippen molar-refractivity contribution in [2.24, 2.45) is 7.05 Å². The van der Waals surface area contributed by atoms with Crippen molar-refractivity contribution >= 4 is 17.1 Å². The first-order valence-electron chi connectivity index (χ1n) is 5.78. The van der Waals surface area contributed by atoms with Gasteiger partial charge in [-0.2, -0.15) is 0 Å². The van der Waals surface area contributed by atoms with Gasteiger partial charge in [-0.1, -0.05) is 12.1 Å². The number of nitrogens with zero attached hydrogens (tertiary/aromatic N) is 3. The highest BCUT2D eigenvalue weighted by atomic mass is 16.4. The molecule has 0 saturated heterocycles. The normalized spacial score (nSPS) is 10.8. The van der Waals surface area contributed by atoms with Gasteiger partial charge in [-0.3, -0.25) is 0 Å². The van der Waals surface area contributed by atoms with Crippen molar-refractivity contribution in [2.75, 3.05) is 0 Å². The van der Waals surface area contributed by atoms with Gasteiger partial charge in [0.25, 0.3) is 0 Å². The van der Waals surface area contributed by atoms with E-state index in [9.17, 15) is 4.79 Å². The Balaban J connectivity index is 2.13. The van der Waals surface area contributed by atoms with Gasteiger partial charge < -0.3 is 9.67 Å². The van der Waals surface area contributed by atoms with Gasteiger partial charge in [0.15, 0.2) is 5.65 Å². The average Bonchev–Trinajstić information content (AvgIpc) is 2.77. The minimum absolute atomic E-state index is 0.264. The maximum Gasteiger partial charge on any atom is 0.335 e. The van der Waals surface area contributed by atoms with Crippen LogP contribution in [-0.2, 0) is 7.05 Å². The number of aromatic nitrogens is 3.